The van der Waals surface area contributed by atoms with E-state index in [-0.39, 0.29) is 18.7 Å². The molecular weight excluding hydrogens is 450 g/mol. The van der Waals surface area contributed by atoms with Gasteiger partial charge in [-0.1, -0.05) is 66.8 Å². The van der Waals surface area contributed by atoms with E-state index in [1.54, 1.807) is 6.21 Å². The molecule has 3 atom stereocenters. The van der Waals surface area contributed by atoms with Crippen molar-refractivity contribution in [2.45, 2.75) is 31.2 Å². The number of carbonyl (C=O) groups excluding carboxylic acids is 1. The van der Waals surface area contributed by atoms with E-state index >= 15 is 0 Å². The lowest BCUT2D eigenvalue weighted by atomic mass is 9.64. The molecule has 0 saturated heterocycles. The monoisotopic (exact) mass is 477 g/mol. The van der Waals surface area contributed by atoms with Crippen molar-refractivity contribution in [3.8, 4) is 6.07 Å². The lowest BCUT2D eigenvalue weighted by Crippen LogP contribution is -2.64. The van der Waals surface area contributed by atoms with Crippen molar-refractivity contribution < 1.29 is 9.90 Å². The number of allylic oxidation sites excluding steroid dienone is 4. The lowest BCUT2D eigenvalue weighted by molar-refractivity contribution is -0.119. The molecule has 0 fully saturated rings. The molecule has 3 aliphatic rings. The van der Waals surface area contributed by atoms with Crippen LogP contribution in [0.15, 0.2) is 102 Å². The maximum atomic E-state index is 11.9. The van der Waals surface area contributed by atoms with Crippen LogP contribution in [0, 0.1) is 16.7 Å². The molecule has 2 heterocycles. The van der Waals surface area contributed by atoms with E-state index < -0.39 is 11.0 Å². The van der Waals surface area contributed by atoms with Gasteiger partial charge < -0.3 is 10.0 Å². The molecule has 7 nitrogen and oxygen atoms in total. The Hall–Kier alpha value is -4.25. The second-order valence-electron chi connectivity index (χ2n) is 9.16. The van der Waals surface area contributed by atoms with Crippen LogP contribution < -0.4 is 15.8 Å². The molecule has 2 aliphatic heterocycles. The first-order valence-electron chi connectivity index (χ1n) is 11.9. The SMILES string of the molecule is N#CC1(C2(Cc3cccc(C4N=CC=CN4c4cccc(CO)c4)c3)C=CC(=O)NN2)C=CC=CC1. The van der Waals surface area contributed by atoms with Crippen molar-refractivity contribution in [1.29, 1.82) is 5.26 Å². The molecule has 0 bridgehead atoms. The highest BCUT2D eigenvalue weighted by atomic mass is 16.3. The van der Waals surface area contributed by atoms with Gasteiger partial charge in [0.2, 0.25) is 0 Å². The van der Waals surface area contributed by atoms with E-state index in [4.69, 9.17) is 4.99 Å². The second-order valence-corrected chi connectivity index (χ2v) is 9.16. The molecule has 0 radical (unpaired) electrons. The van der Waals surface area contributed by atoms with Gasteiger partial charge in [-0.15, -0.1) is 0 Å². The number of rotatable bonds is 6. The molecule has 180 valence electrons. The fourth-order valence-electron chi connectivity index (χ4n) is 5.02. The molecule has 3 unspecified atom stereocenters. The average Bonchev–Trinajstić information content (AvgIpc) is 2.95. The van der Waals surface area contributed by atoms with Gasteiger partial charge in [0.25, 0.3) is 5.91 Å². The van der Waals surface area contributed by atoms with E-state index in [9.17, 15) is 15.2 Å². The summed E-state index contributed by atoms with van der Waals surface area (Å²) in [6.07, 6.45) is 17.4. The summed E-state index contributed by atoms with van der Waals surface area (Å²) < 4.78 is 0. The number of aliphatic hydroxyl groups excluding tert-OH is 1. The number of nitrogens with one attached hydrogen (secondary N) is 2. The molecule has 2 aromatic carbocycles. The van der Waals surface area contributed by atoms with E-state index in [1.165, 1.54) is 6.08 Å². The summed E-state index contributed by atoms with van der Waals surface area (Å²) in [5.74, 6) is -0.244. The number of nitrogens with zero attached hydrogens (tertiary/aromatic N) is 3. The zero-order valence-electron chi connectivity index (χ0n) is 19.7. The molecule has 1 aliphatic carbocycles. The number of carbonyl (C=O) groups is 1. The average molecular weight is 478 g/mol. The number of aliphatic hydroxyl groups is 1. The van der Waals surface area contributed by atoms with Crippen molar-refractivity contribution in [2.75, 3.05) is 4.90 Å². The van der Waals surface area contributed by atoms with Crippen LogP contribution in [-0.2, 0) is 17.8 Å². The summed E-state index contributed by atoms with van der Waals surface area (Å²) in [4.78, 5) is 18.7. The van der Waals surface area contributed by atoms with Crippen LogP contribution in [0.3, 0.4) is 0 Å². The Morgan fingerprint density at radius 1 is 1.11 bits per heavy atom. The molecule has 0 aromatic heterocycles. The van der Waals surface area contributed by atoms with Gasteiger partial charge >= 0.3 is 0 Å². The third-order valence-corrected chi connectivity index (χ3v) is 6.94. The normalized spacial score (nSPS) is 26.6. The summed E-state index contributed by atoms with van der Waals surface area (Å²) >= 11 is 0. The number of hydrogen-bond acceptors (Lipinski definition) is 6. The Kier molecular flexibility index (Phi) is 6.38. The highest BCUT2D eigenvalue weighted by molar-refractivity contribution is 5.88. The zero-order valence-corrected chi connectivity index (χ0v) is 19.7. The number of hydrogen-bond donors (Lipinski definition) is 3. The van der Waals surface area contributed by atoms with Crippen molar-refractivity contribution in [3.05, 3.63) is 114 Å². The third kappa shape index (κ3) is 4.29. The van der Waals surface area contributed by atoms with Gasteiger partial charge in [0.1, 0.15) is 5.41 Å². The largest absolute Gasteiger partial charge is 0.392 e. The van der Waals surface area contributed by atoms with Crippen LogP contribution >= 0.6 is 0 Å². The Labute approximate surface area is 210 Å². The summed E-state index contributed by atoms with van der Waals surface area (Å²) in [5.41, 5.74) is 7.95. The first-order valence-corrected chi connectivity index (χ1v) is 11.9. The second kappa shape index (κ2) is 9.78. The molecule has 0 spiro atoms. The number of amides is 1. The summed E-state index contributed by atoms with van der Waals surface area (Å²) in [7, 11) is 0. The molecule has 5 rings (SSSR count). The highest BCUT2D eigenvalue weighted by Crippen LogP contribution is 2.43. The first kappa shape index (κ1) is 23.5. The van der Waals surface area contributed by atoms with Crippen LogP contribution in [0.4, 0.5) is 5.69 Å². The van der Waals surface area contributed by atoms with Gasteiger partial charge in [0, 0.05) is 24.2 Å². The minimum absolute atomic E-state index is 0.0295. The fourth-order valence-corrected chi connectivity index (χ4v) is 5.02. The van der Waals surface area contributed by atoms with Gasteiger partial charge in [0.05, 0.1) is 18.2 Å². The number of aliphatic imine (C=N–C) groups is 1. The Bertz CT molecular complexity index is 1350. The first-order chi connectivity index (χ1) is 17.6. The molecule has 1 amide bonds. The minimum atomic E-state index is -0.871. The van der Waals surface area contributed by atoms with Gasteiger partial charge in [0.15, 0.2) is 6.17 Å². The topological polar surface area (TPSA) is 101 Å². The maximum absolute atomic E-state index is 11.9. The molecular formula is C29H27N5O2. The Morgan fingerprint density at radius 3 is 2.72 bits per heavy atom. The zero-order chi connectivity index (χ0) is 25.0. The fraction of sp³-hybridized carbons (Fsp3) is 0.207. The van der Waals surface area contributed by atoms with Crippen LogP contribution in [0.25, 0.3) is 0 Å². The number of benzene rings is 2. The van der Waals surface area contributed by atoms with Gasteiger partial charge in [-0.05, 0) is 47.7 Å². The third-order valence-electron chi connectivity index (χ3n) is 6.94. The highest BCUT2D eigenvalue weighted by Gasteiger charge is 2.50. The Morgan fingerprint density at radius 2 is 1.97 bits per heavy atom. The number of nitriles is 1. The van der Waals surface area contributed by atoms with E-state index in [2.05, 4.69) is 27.9 Å². The standard InChI is InChI=1S/C29H27N5O2/c30-21-28(12-2-1-3-13-28)29(14-11-26(36)32-33-29)19-22-7-4-9-24(17-22)27-31-15-6-16-34(27)25-10-5-8-23(18-25)20-35/h1-12,14-18,27,33,35H,13,19-20H2,(H,32,36). The molecule has 0 saturated carbocycles. The van der Waals surface area contributed by atoms with Crippen LogP contribution in [0.1, 0.15) is 29.3 Å². The summed E-state index contributed by atoms with van der Waals surface area (Å²) in [5, 5.41) is 19.9. The predicted octanol–water partition coefficient (Wildman–Crippen LogP) is 3.78. The van der Waals surface area contributed by atoms with Crippen molar-refractivity contribution in [2.24, 2.45) is 10.4 Å². The lowest BCUT2D eigenvalue weighted by Gasteiger charge is -2.45. The van der Waals surface area contributed by atoms with E-state index in [1.807, 2.05) is 85.1 Å². The quantitative estimate of drug-likeness (QED) is 0.588. The predicted molar refractivity (Wildman–Crippen MR) is 139 cm³/mol. The van der Waals surface area contributed by atoms with Gasteiger partial charge in [-0.25, -0.2) is 5.43 Å². The summed E-state index contributed by atoms with van der Waals surface area (Å²) in [6, 6.07) is 18.4. The van der Waals surface area contributed by atoms with Crippen molar-refractivity contribution >= 4 is 17.8 Å². The molecule has 36 heavy (non-hydrogen) atoms. The maximum Gasteiger partial charge on any atom is 0.257 e. The van der Waals surface area contributed by atoms with Crippen LogP contribution in [0.5, 0.6) is 0 Å². The van der Waals surface area contributed by atoms with Crippen LogP contribution in [0.2, 0.25) is 0 Å². The van der Waals surface area contributed by atoms with E-state index in [0.29, 0.717) is 12.8 Å². The molecule has 3 N–H and O–H groups in total. The van der Waals surface area contributed by atoms with Crippen LogP contribution in [-0.4, -0.2) is 22.8 Å². The Balaban J connectivity index is 1.50. The number of hydrazine groups is 1. The molecule has 7 heteroatoms. The smallest absolute Gasteiger partial charge is 0.257 e. The van der Waals surface area contributed by atoms with Gasteiger partial charge in [-0.3, -0.25) is 15.2 Å². The molecule has 2 aromatic rings. The minimum Gasteiger partial charge on any atom is -0.392 e. The van der Waals surface area contributed by atoms with E-state index in [0.717, 1.165) is 22.4 Å². The van der Waals surface area contributed by atoms with Crippen molar-refractivity contribution in [3.63, 3.8) is 0 Å². The number of anilines is 1. The summed E-state index contributed by atoms with van der Waals surface area (Å²) in [6.45, 7) is -0.0295. The van der Waals surface area contributed by atoms with Gasteiger partial charge in [-0.2, -0.15) is 5.26 Å². The van der Waals surface area contributed by atoms with Crippen molar-refractivity contribution in [1.82, 2.24) is 10.9 Å².